The monoisotopic (exact) mass is 282 g/mol. The van der Waals surface area contributed by atoms with Crippen molar-refractivity contribution in [2.75, 3.05) is 6.54 Å². The molecule has 2 atom stereocenters. The second-order valence-electron chi connectivity index (χ2n) is 6.33. The van der Waals surface area contributed by atoms with E-state index in [0.29, 0.717) is 4.88 Å². The van der Waals surface area contributed by atoms with Gasteiger partial charge in [0, 0.05) is 24.0 Å². The van der Waals surface area contributed by atoms with Gasteiger partial charge in [-0.05, 0) is 31.3 Å². The Morgan fingerprint density at radius 3 is 2.74 bits per heavy atom. The van der Waals surface area contributed by atoms with Crippen LogP contribution in [-0.2, 0) is 5.41 Å². The Morgan fingerprint density at radius 1 is 1.47 bits per heavy atom. The fraction of sp³-hybridized carbons (Fsp3) is 0.769. The molecule has 0 radical (unpaired) electrons. The molecule has 2 unspecified atom stereocenters. The summed E-state index contributed by atoms with van der Waals surface area (Å²) in [6, 6.07) is 0.395. The van der Waals surface area contributed by atoms with Crippen LogP contribution in [0.4, 0.5) is 0 Å². The lowest BCUT2D eigenvalue weighted by Crippen LogP contribution is -2.48. The first-order chi connectivity index (χ1) is 8.80. The first-order valence-corrected chi connectivity index (χ1v) is 7.47. The van der Waals surface area contributed by atoms with Crippen molar-refractivity contribution in [3.05, 3.63) is 10.6 Å². The summed E-state index contributed by atoms with van der Waals surface area (Å²) < 4.78 is 3.96. The van der Waals surface area contributed by atoms with E-state index in [-0.39, 0.29) is 23.4 Å². The molecule has 1 fully saturated rings. The third kappa shape index (κ3) is 2.95. The second kappa shape index (κ2) is 5.17. The van der Waals surface area contributed by atoms with Crippen LogP contribution in [0.25, 0.3) is 0 Å². The highest BCUT2D eigenvalue weighted by Crippen LogP contribution is 2.28. The summed E-state index contributed by atoms with van der Waals surface area (Å²) in [5.74, 6) is 0.0549. The molecule has 19 heavy (non-hydrogen) atoms. The summed E-state index contributed by atoms with van der Waals surface area (Å²) in [5.41, 5.74) is 6.58. The summed E-state index contributed by atoms with van der Waals surface area (Å²) >= 11 is 1.20. The first kappa shape index (κ1) is 14.4. The summed E-state index contributed by atoms with van der Waals surface area (Å²) in [6.07, 6.45) is 1.73. The predicted molar refractivity (Wildman–Crippen MR) is 76.3 cm³/mol. The van der Waals surface area contributed by atoms with Crippen molar-refractivity contribution < 1.29 is 4.79 Å². The van der Waals surface area contributed by atoms with Gasteiger partial charge in [-0.2, -0.15) is 0 Å². The Hall–Kier alpha value is -1.01. The van der Waals surface area contributed by atoms with Crippen LogP contribution in [0.3, 0.4) is 0 Å². The van der Waals surface area contributed by atoms with Crippen LogP contribution in [0.1, 0.15) is 55.9 Å². The topological polar surface area (TPSA) is 72.1 Å². The van der Waals surface area contributed by atoms with Crippen molar-refractivity contribution in [3.63, 3.8) is 0 Å². The molecule has 1 aliphatic rings. The number of aromatic nitrogens is 2. The van der Waals surface area contributed by atoms with Gasteiger partial charge in [-0.15, -0.1) is 5.10 Å². The molecule has 1 saturated heterocycles. The summed E-state index contributed by atoms with van der Waals surface area (Å²) in [7, 11) is 0. The van der Waals surface area contributed by atoms with Gasteiger partial charge < -0.3 is 10.6 Å². The molecule has 0 bridgehead atoms. The van der Waals surface area contributed by atoms with Gasteiger partial charge >= 0.3 is 0 Å². The Bertz CT molecular complexity index is 465. The average Bonchev–Trinajstić information content (AvgIpc) is 2.76. The molecule has 0 aliphatic carbocycles. The number of piperidine rings is 1. The van der Waals surface area contributed by atoms with E-state index in [2.05, 4.69) is 37.3 Å². The van der Waals surface area contributed by atoms with Gasteiger partial charge in [-0.3, -0.25) is 4.79 Å². The molecule has 1 aliphatic heterocycles. The van der Waals surface area contributed by atoms with Crippen molar-refractivity contribution >= 4 is 17.4 Å². The lowest BCUT2D eigenvalue weighted by molar-refractivity contribution is 0.0621. The minimum Gasteiger partial charge on any atom is -0.335 e. The fourth-order valence-corrected chi connectivity index (χ4v) is 3.30. The van der Waals surface area contributed by atoms with Gasteiger partial charge in [0.1, 0.15) is 4.88 Å². The third-order valence-corrected chi connectivity index (χ3v) is 4.28. The molecule has 5 nitrogen and oxygen atoms in total. The van der Waals surface area contributed by atoms with Gasteiger partial charge in [0.25, 0.3) is 5.91 Å². The number of nitrogens with two attached hydrogens (primary N) is 1. The average molecular weight is 282 g/mol. The molecular weight excluding hydrogens is 260 g/mol. The maximum absolute atomic E-state index is 12.7. The van der Waals surface area contributed by atoms with Gasteiger partial charge in [0.05, 0.1) is 5.69 Å². The zero-order valence-electron chi connectivity index (χ0n) is 12.0. The van der Waals surface area contributed by atoms with Gasteiger partial charge in [-0.25, -0.2) is 0 Å². The number of carbonyl (C=O) groups excluding carboxylic acids is 1. The van der Waals surface area contributed by atoms with Crippen LogP contribution in [0.5, 0.6) is 0 Å². The molecule has 2 rings (SSSR count). The molecule has 0 saturated carbocycles. The number of hydrogen-bond acceptors (Lipinski definition) is 5. The van der Waals surface area contributed by atoms with Gasteiger partial charge in [-0.1, -0.05) is 25.3 Å². The van der Waals surface area contributed by atoms with E-state index in [1.807, 2.05) is 4.90 Å². The number of amides is 1. The number of likely N-dealkylation sites (tertiary alicyclic amines) is 1. The largest absolute Gasteiger partial charge is 0.335 e. The van der Waals surface area contributed by atoms with Crippen LogP contribution < -0.4 is 5.73 Å². The standard InChI is InChI=1S/C13H22N4OS/c1-8-7-9(14)5-6-17(8)12(18)10-11(13(2,3)4)15-16-19-10/h8-9H,5-7,14H2,1-4H3. The van der Waals surface area contributed by atoms with Crippen molar-refractivity contribution in [1.29, 1.82) is 0 Å². The van der Waals surface area contributed by atoms with Crippen LogP contribution in [0, 0.1) is 0 Å². The quantitative estimate of drug-likeness (QED) is 0.852. The van der Waals surface area contributed by atoms with Crippen molar-refractivity contribution in [2.24, 2.45) is 5.73 Å². The first-order valence-electron chi connectivity index (χ1n) is 6.70. The second-order valence-corrected chi connectivity index (χ2v) is 7.09. The zero-order valence-corrected chi connectivity index (χ0v) is 12.8. The molecule has 2 N–H and O–H groups in total. The minimum atomic E-state index is -0.159. The van der Waals surface area contributed by atoms with E-state index in [4.69, 9.17) is 5.73 Å². The van der Waals surface area contributed by atoms with Crippen LogP contribution in [-0.4, -0.2) is 39.0 Å². The fourth-order valence-electron chi connectivity index (χ4n) is 2.46. The van der Waals surface area contributed by atoms with Gasteiger partial charge in [0.2, 0.25) is 0 Å². The van der Waals surface area contributed by atoms with E-state index >= 15 is 0 Å². The van der Waals surface area contributed by atoms with Crippen molar-refractivity contribution in [1.82, 2.24) is 14.5 Å². The SMILES string of the molecule is CC1CC(N)CCN1C(=O)c1snnc1C(C)(C)C. The third-order valence-electron chi connectivity index (χ3n) is 3.57. The Morgan fingerprint density at radius 2 is 2.16 bits per heavy atom. The summed E-state index contributed by atoms with van der Waals surface area (Å²) in [6.45, 7) is 8.94. The molecule has 106 valence electrons. The molecule has 1 aromatic heterocycles. The predicted octanol–water partition coefficient (Wildman–Crippen LogP) is 1.79. The zero-order chi connectivity index (χ0) is 14.2. The maximum atomic E-state index is 12.7. The minimum absolute atomic E-state index is 0.0549. The lowest BCUT2D eigenvalue weighted by atomic mass is 9.90. The highest BCUT2D eigenvalue weighted by molar-refractivity contribution is 7.08. The van der Waals surface area contributed by atoms with Crippen LogP contribution in [0.2, 0.25) is 0 Å². The molecule has 0 spiro atoms. The molecule has 1 aromatic rings. The summed E-state index contributed by atoms with van der Waals surface area (Å²) in [4.78, 5) is 15.2. The van der Waals surface area contributed by atoms with Gasteiger partial charge in [0.15, 0.2) is 0 Å². The molecule has 0 aromatic carbocycles. The van der Waals surface area contributed by atoms with E-state index in [1.54, 1.807) is 0 Å². The molecular formula is C13H22N4OS. The number of hydrogen-bond donors (Lipinski definition) is 1. The highest BCUT2D eigenvalue weighted by Gasteiger charge is 2.33. The molecule has 1 amide bonds. The molecule has 2 heterocycles. The van der Waals surface area contributed by atoms with E-state index in [1.165, 1.54) is 11.5 Å². The summed E-state index contributed by atoms with van der Waals surface area (Å²) in [5, 5.41) is 4.14. The van der Waals surface area contributed by atoms with Crippen LogP contribution >= 0.6 is 11.5 Å². The smallest absolute Gasteiger partial charge is 0.267 e. The van der Waals surface area contributed by atoms with Crippen molar-refractivity contribution in [2.45, 2.75) is 58.0 Å². The normalized spacial score (nSPS) is 24.6. The van der Waals surface area contributed by atoms with Crippen LogP contribution in [0.15, 0.2) is 0 Å². The van der Waals surface area contributed by atoms with E-state index in [0.717, 1.165) is 25.1 Å². The Kier molecular flexibility index (Phi) is 3.92. The Balaban J connectivity index is 2.23. The maximum Gasteiger partial charge on any atom is 0.267 e. The number of nitrogens with zero attached hydrogens (tertiary/aromatic N) is 3. The molecule has 6 heteroatoms. The number of rotatable bonds is 1. The number of carbonyl (C=O) groups is 1. The van der Waals surface area contributed by atoms with E-state index in [9.17, 15) is 4.79 Å². The Labute approximate surface area is 118 Å². The highest BCUT2D eigenvalue weighted by atomic mass is 32.1. The van der Waals surface area contributed by atoms with Crippen molar-refractivity contribution in [3.8, 4) is 0 Å². The van der Waals surface area contributed by atoms with E-state index < -0.39 is 0 Å². The lowest BCUT2D eigenvalue weighted by Gasteiger charge is -2.36.